The zero-order valence-corrected chi connectivity index (χ0v) is 16.0. The Morgan fingerprint density at radius 1 is 1.25 bits per heavy atom. The number of aryl methyl sites for hydroxylation is 1. The lowest BCUT2D eigenvalue weighted by Gasteiger charge is -2.39. The molecule has 0 saturated carbocycles. The molecule has 3 aromatic heterocycles. The van der Waals surface area contributed by atoms with Gasteiger partial charge in [-0.25, -0.2) is 9.97 Å². The molecule has 2 aliphatic heterocycles. The van der Waals surface area contributed by atoms with E-state index in [2.05, 4.69) is 48.3 Å². The second kappa shape index (κ2) is 6.91. The Morgan fingerprint density at radius 3 is 2.79 bits per heavy atom. The Morgan fingerprint density at radius 2 is 2.07 bits per heavy atom. The lowest BCUT2D eigenvalue weighted by atomic mass is 9.97. The fraction of sp³-hybridized carbons (Fsp3) is 0.500. The molecule has 8 heteroatoms. The molecule has 5 rings (SSSR count). The summed E-state index contributed by atoms with van der Waals surface area (Å²) < 4.78 is 2.30. The molecule has 144 valence electrons. The summed E-state index contributed by atoms with van der Waals surface area (Å²) in [6, 6.07) is 7.88. The minimum Gasteiger partial charge on any atom is -0.328 e. The lowest BCUT2D eigenvalue weighted by molar-refractivity contribution is 0.111. The highest BCUT2D eigenvalue weighted by atomic mass is 15.2. The number of H-pyrrole nitrogens is 1. The van der Waals surface area contributed by atoms with Crippen LogP contribution in [-0.2, 0) is 0 Å². The molecule has 0 amide bonds. The van der Waals surface area contributed by atoms with Gasteiger partial charge in [0.2, 0.25) is 0 Å². The van der Waals surface area contributed by atoms with E-state index in [1.54, 1.807) is 6.20 Å². The third-order valence-corrected chi connectivity index (χ3v) is 6.12. The number of aromatic nitrogens is 5. The second-order valence-corrected chi connectivity index (χ2v) is 7.90. The smallest absolute Gasteiger partial charge is 0.161 e. The van der Waals surface area contributed by atoms with Crippen LogP contribution in [0.5, 0.6) is 0 Å². The van der Waals surface area contributed by atoms with Crippen molar-refractivity contribution in [3.05, 3.63) is 30.2 Å². The van der Waals surface area contributed by atoms with E-state index in [9.17, 15) is 0 Å². The summed E-state index contributed by atoms with van der Waals surface area (Å²) in [6.45, 7) is 2.87. The first kappa shape index (κ1) is 17.2. The third-order valence-electron chi connectivity index (χ3n) is 6.12. The lowest BCUT2D eigenvalue weighted by Crippen LogP contribution is -2.43. The summed E-state index contributed by atoms with van der Waals surface area (Å²) in [5, 5.41) is 19.3. The van der Waals surface area contributed by atoms with Crippen LogP contribution in [0.1, 0.15) is 43.8 Å². The van der Waals surface area contributed by atoms with E-state index in [-0.39, 0.29) is 0 Å². The molecule has 28 heavy (non-hydrogen) atoms. The van der Waals surface area contributed by atoms with Crippen molar-refractivity contribution in [2.75, 3.05) is 11.9 Å². The fourth-order valence-electron chi connectivity index (χ4n) is 4.90. The van der Waals surface area contributed by atoms with E-state index >= 15 is 0 Å². The predicted octanol–water partition coefficient (Wildman–Crippen LogP) is 3.29. The van der Waals surface area contributed by atoms with E-state index < -0.39 is 0 Å². The van der Waals surface area contributed by atoms with E-state index in [1.165, 1.54) is 12.8 Å². The van der Waals surface area contributed by atoms with Crippen LogP contribution >= 0.6 is 0 Å². The maximum atomic E-state index is 8.94. The first-order valence-electron chi connectivity index (χ1n) is 9.96. The number of hydrogen-bond acceptors (Lipinski definition) is 6. The molecule has 2 saturated heterocycles. The number of rotatable bonds is 5. The van der Waals surface area contributed by atoms with Crippen LogP contribution in [0, 0.1) is 18.3 Å². The van der Waals surface area contributed by atoms with Gasteiger partial charge in [-0.15, -0.1) is 0 Å². The van der Waals surface area contributed by atoms with E-state index in [4.69, 9.17) is 10.2 Å². The zero-order valence-electron chi connectivity index (χ0n) is 16.0. The molecule has 5 heterocycles. The van der Waals surface area contributed by atoms with Crippen molar-refractivity contribution < 1.29 is 0 Å². The van der Waals surface area contributed by atoms with Gasteiger partial charge in [0.25, 0.3) is 0 Å². The number of aromatic amines is 1. The molecular formula is C20H24N8. The van der Waals surface area contributed by atoms with Gasteiger partial charge in [0.15, 0.2) is 17.3 Å². The molecule has 0 aliphatic carbocycles. The monoisotopic (exact) mass is 376 g/mol. The number of piperidine rings is 1. The minimum absolute atomic E-state index is 0.436. The van der Waals surface area contributed by atoms with Gasteiger partial charge in [0.05, 0.1) is 12.3 Å². The van der Waals surface area contributed by atoms with Crippen molar-refractivity contribution in [2.45, 2.75) is 57.2 Å². The van der Waals surface area contributed by atoms with Gasteiger partial charge in [-0.2, -0.15) is 10.4 Å². The Kier molecular flexibility index (Phi) is 4.24. The SMILES string of the molecule is Cc1cc(Nc2cnc3ccn(C4C[C@H]5CC[C@@H](C4)N5CCC#N)c3n2)n[nH]1. The average molecular weight is 376 g/mol. The van der Waals surface area contributed by atoms with Crippen molar-refractivity contribution in [1.29, 1.82) is 5.26 Å². The Balaban J connectivity index is 1.39. The molecule has 2 bridgehead atoms. The van der Waals surface area contributed by atoms with Crippen LogP contribution in [0.2, 0.25) is 0 Å². The molecule has 2 N–H and O–H groups in total. The number of nitrogens with one attached hydrogen (secondary N) is 2. The molecule has 2 aliphatic rings. The summed E-state index contributed by atoms with van der Waals surface area (Å²) >= 11 is 0. The number of anilines is 2. The molecule has 0 radical (unpaired) electrons. The molecule has 0 spiro atoms. The third kappa shape index (κ3) is 3.02. The van der Waals surface area contributed by atoms with Crippen LogP contribution < -0.4 is 5.32 Å². The van der Waals surface area contributed by atoms with Crippen LogP contribution in [0.25, 0.3) is 11.2 Å². The molecule has 1 unspecified atom stereocenters. The first-order valence-corrected chi connectivity index (χ1v) is 9.96. The molecular weight excluding hydrogens is 352 g/mol. The van der Waals surface area contributed by atoms with E-state index in [0.717, 1.165) is 42.1 Å². The van der Waals surface area contributed by atoms with Gasteiger partial charge in [-0.05, 0) is 38.7 Å². The van der Waals surface area contributed by atoms with Crippen LogP contribution in [0.15, 0.2) is 24.5 Å². The first-order chi connectivity index (χ1) is 13.7. The molecule has 3 aromatic rings. The summed E-state index contributed by atoms with van der Waals surface area (Å²) in [5.41, 5.74) is 2.84. The van der Waals surface area contributed by atoms with Gasteiger partial charge in [-0.1, -0.05) is 0 Å². The maximum absolute atomic E-state index is 8.94. The Bertz CT molecular complexity index is 1010. The molecule has 0 aromatic carbocycles. The van der Waals surface area contributed by atoms with Crippen LogP contribution in [0.4, 0.5) is 11.6 Å². The number of nitriles is 1. The summed E-state index contributed by atoms with van der Waals surface area (Å²) in [6.07, 6.45) is 9.21. The topological polar surface area (TPSA) is 98.5 Å². The van der Waals surface area contributed by atoms with Crippen molar-refractivity contribution in [2.24, 2.45) is 0 Å². The molecule has 2 fully saturated rings. The van der Waals surface area contributed by atoms with Crippen molar-refractivity contribution >= 4 is 22.8 Å². The van der Waals surface area contributed by atoms with Crippen molar-refractivity contribution in [1.82, 2.24) is 29.6 Å². The number of fused-ring (bicyclic) bond motifs is 3. The highest BCUT2D eigenvalue weighted by Crippen LogP contribution is 2.41. The van der Waals surface area contributed by atoms with Gasteiger partial charge >= 0.3 is 0 Å². The molecule has 3 atom stereocenters. The summed E-state index contributed by atoms with van der Waals surface area (Å²) in [7, 11) is 0. The van der Waals surface area contributed by atoms with Crippen molar-refractivity contribution in [3.63, 3.8) is 0 Å². The van der Waals surface area contributed by atoms with Crippen LogP contribution in [0.3, 0.4) is 0 Å². The van der Waals surface area contributed by atoms with Gasteiger partial charge < -0.3 is 9.88 Å². The number of hydrogen-bond donors (Lipinski definition) is 2. The van der Waals surface area contributed by atoms with Crippen molar-refractivity contribution in [3.8, 4) is 6.07 Å². The summed E-state index contributed by atoms with van der Waals surface area (Å²) in [5.74, 6) is 1.45. The largest absolute Gasteiger partial charge is 0.328 e. The highest BCUT2D eigenvalue weighted by Gasteiger charge is 2.41. The average Bonchev–Trinajstić information content (AvgIpc) is 3.36. The Labute approximate surface area is 163 Å². The van der Waals surface area contributed by atoms with Gasteiger partial charge in [0.1, 0.15) is 5.52 Å². The minimum atomic E-state index is 0.436. The quantitative estimate of drug-likeness (QED) is 0.709. The summed E-state index contributed by atoms with van der Waals surface area (Å²) in [4.78, 5) is 12.0. The normalized spacial score (nSPS) is 24.5. The Hall–Kier alpha value is -2.92. The molecule has 8 nitrogen and oxygen atoms in total. The standard InChI is InChI=1S/C20H24N8/c1-13-9-18(26-25-13)23-19-12-22-17-5-8-28(20(17)24-19)16-10-14-3-4-15(11-16)27(14)7-2-6-21/h5,8-9,12,14-16H,2-4,7,10-11H2,1H3,(H2,23,24,25,26)/t14-,15+,16?. The second-order valence-electron chi connectivity index (χ2n) is 7.90. The van der Waals surface area contributed by atoms with Crippen LogP contribution in [-0.4, -0.2) is 48.3 Å². The maximum Gasteiger partial charge on any atom is 0.161 e. The van der Waals surface area contributed by atoms with E-state index in [0.29, 0.717) is 30.4 Å². The predicted molar refractivity (Wildman–Crippen MR) is 106 cm³/mol. The van der Waals surface area contributed by atoms with Gasteiger partial charge in [-0.3, -0.25) is 10.00 Å². The van der Waals surface area contributed by atoms with E-state index in [1.807, 2.05) is 13.0 Å². The van der Waals surface area contributed by atoms with Gasteiger partial charge in [0, 0.05) is 49.0 Å². The number of nitrogens with zero attached hydrogens (tertiary/aromatic N) is 6. The highest BCUT2D eigenvalue weighted by molar-refractivity contribution is 5.73. The zero-order chi connectivity index (χ0) is 19.1. The fourth-order valence-corrected chi connectivity index (χ4v) is 4.90.